The van der Waals surface area contributed by atoms with Gasteiger partial charge in [-0.1, -0.05) is 36.8 Å². The molecule has 1 aliphatic heterocycles. The molecule has 9 heteroatoms. The first-order valence-electron chi connectivity index (χ1n) is 9.30. The molecule has 0 aliphatic carbocycles. The lowest BCUT2D eigenvalue weighted by Gasteiger charge is -2.17. The van der Waals surface area contributed by atoms with Crippen LogP contribution in [-0.2, 0) is 14.6 Å². The highest BCUT2D eigenvalue weighted by atomic mass is 127. The Kier molecular flexibility index (Phi) is 10.2. The SMILES string of the molecule is CN=C(NCCC(=O)NC1CCS(=O)(=O)C1)NCC(C)c1cccc(C)c1.I. The molecule has 7 nitrogen and oxygen atoms in total. The summed E-state index contributed by atoms with van der Waals surface area (Å²) in [6, 6.07) is 8.17. The van der Waals surface area contributed by atoms with Crippen molar-refractivity contribution in [2.75, 3.05) is 31.6 Å². The predicted octanol–water partition coefficient (Wildman–Crippen LogP) is 1.57. The molecule has 1 fully saturated rings. The zero-order valence-electron chi connectivity index (χ0n) is 16.7. The van der Waals surface area contributed by atoms with Crippen molar-refractivity contribution in [1.29, 1.82) is 0 Å². The Labute approximate surface area is 185 Å². The number of nitrogens with one attached hydrogen (secondary N) is 3. The van der Waals surface area contributed by atoms with Crippen LogP contribution in [0.1, 0.15) is 36.8 Å². The number of hydrogen-bond donors (Lipinski definition) is 3. The summed E-state index contributed by atoms with van der Waals surface area (Å²) >= 11 is 0. The van der Waals surface area contributed by atoms with Crippen LogP contribution in [0.2, 0.25) is 0 Å². The number of aryl methyl sites for hydroxylation is 1. The molecule has 0 radical (unpaired) electrons. The molecule has 28 heavy (non-hydrogen) atoms. The van der Waals surface area contributed by atoms with E-state index in [1.807, 2.05) is 0 Å². The third-order valence-corrected chi connectivity index (χ3v) is 6.42. The molecule has 0 saturated carbocycles. The van der Waals surface area contributed by atoms with Crippen molar-refractivity contribution >= 4 is 45.7 Å². The van der Waals surface area contributed by atoms with Crippen molar-refractivity contribution in [3.05, 3.63) is 35.4 Å². The number of carbonyl (C=O) groups is 1. The van der Waals surface area contributed by atoms with Gasteiger partial charge in [-0.15, -0.1) is 24.0 Å². The second-order valence-corrected chi connectivity index (χ2v) is 9.34. The van der Waals surface area contributed by atoms with Crippen LogP contribution in [0.3, 0.4) is 0 Å². The van der Waals surface area contributed by atoms with Crippen LogP contribution in [0.15, 0.2) is 29.3 Å². The number of sulfone groups is 1. The van der Waals surface area contributed by atoms with Gasteiger partial charge in [-0.05, 0) is 24.8 Å². The maximum absolute atomic E-state index is 12.0. The fraction of sp³-hybridized carbons (Fsp3) is 0.579. The lowest BCUT2D eigenvalue weighted by molar-refractivity contribution is -0.121. The molecule has 0 aromatic heterocycles. The Morgan fingerprint density at radius 1 is 1.32 bits per heavy atom. The molecule has 1 heterocycles. The molecule has 0 bridgehead atoms. The van der Waals surface area contributed by atoms with E-state index in [4.69, 9.17) is 0 Å². The Balaban J connectivity index is 0.00000392. The average Bonchev–Trinajstić information content (AvgIpc) is 2.95. The number of halogens is 1. The fourth-order valence-corrected chi connectivity index (χ4v) is 4.74. The van der Waals surface area contributed by atoms with Crippen molar-refractivity contribution in [1.82, 2.24) is 16.0 Å². The zero-order chi connectivity index (χ0) is 19.9. The molecule has 3 N–H and O–H groups in total. The molecule has 1 aromatic carbocycles. The van der Waals surface area contributed by atoms with E-state index in [0.717, 1.165) is 6.54 Å². The third-order valence-electron chi connectivity index (χ3n) is 4.65. The number of guanidine groups is 1. The second kappa shape index (κ2) is 11.6. The van der Waals surface area contributed by atoms with Gasteiger partial charge in [-0.3, -0.25) is 9.79 Å². The summed E-state index contributed by atoms with van der Waals surface area (Å²) in [5.41, 5.74) is 2.51. The van der Waals surface area contributed by atoms with Crippen molar-refractivity contribution in [2.24, 2.45) is 4.99 Å². The standard InChI is InChI=1S/C19H30N4O3S.HI/c1-14-5-4-6-16(11-14)15(2)12-22-19(20-3)21-9-7-18(24)23-17-8-10-27(25,26)13-17;/h4-6,11,15,17H,7-10,12-13H2,1-3H3,(H,23,24)(H2,20,21,22);1H. The van der Waals surface area contributed by atoms with Crippen molar-refractivity contribution in [3.63, 3.8) is 0 Å². The molecule has 1 aliphatic rings. The zero-order valence-corrected chi connectivity index (χ0v) is 19.8. The highest BCUT2D eigenvalue weighted by molar-refractivity contribution is 14.0. The van der Waals surface area contributed by atoms with E-state index in [1.165, 1.54) is 11.1 Å². The topological polar surface area (TPSA) is 99.7 Å². The molecule has 1 saturated heterocycles. The van der Waals surface area contributed by atoms with E-state index in [9.17, 15) is 13.2 Å². The highest BCUT2D eigenvalue weighted by Gasteiger charge is 2.28. The van der Waals surface area contributed by atoms with E-state index in [2.05, 4.69) is 59.1 Å². The molecule has 2 unspecified atom stereocenters. The van der Waals surface area contributed by atoms with Gasteiger partial charge in [0.25, 0.3) is 0 Å². The number of rotatable bonds is 7. The van der Waals surface area contributed by atoms with E-state index in [1.54, 1.807) is 7.05 Å². The molecule has 1 amide bonds. The van der Waals surface area contributed by atoms with E-state index >= 15 is 0 Å². The van der Waals surface area contributed by atoms with Gasteiger partial charge in [-0.2, -0.15) is 0 Å². The van der Waals surface area contributed by atoms with Crippen molar-refractivity contribution < 1.29 is 13.2 Å². The molecule has 158 valence electrons. The van der Waals surface area contributed by atoms with E-state index in [0.29, 0.717) is 24.8 Å². The summed E-state index contributed by atoms with van der Waals surface area (Å²) in [6.45, 7) is 5.40. The van der Waals surface area contributed by atoms with Gasteiger partial charge in [0.1, 0.15) is 0 Å². The summed E-state index contributed by atoms with van der Waals surface area (Å²) < 4.78 is 22.9. The first-order chi connectivity index (χ1) is 12.8. The van der Waals surface area contributed by atoms with Gasteiger partial charge in [0, 0.05) is 32.6 Å². The first kappa shape index (κ1) is 24.7. The maximum atomic E-state index is 12.0. The van der Waals surface area contributed by atoms with Crippen LogP contribution >= 0.6 is 24.0 Å². The van der Waals surface area contributed by atoms with Gasteiger partial charge in [-0.25, -0.2) is 8.42 Å². The van der Waals surface area contributed by atoms with Gasteiger partial charge in [0.15, 0.2) is 15.8 Å². The molecule has 1 aromatic rings. The first-order valence-corrected chi connectivity index (χ1v) is 11.1. The number of hydrogen-bond acceptors (Lipinski definition) is 4. The van der Waals surface area contributed by atoms with Gasteiger partial charge in [0.05, 0.1) is 11.5 Å². The summed E-state index contributed by atoms with van der Waals surface area (Å²) in [4.78, 5) is 16.1. The summed E-state index contributed by atoms with van der Waals surface area (Å²) in [6.07, 6.45) is 0.770. The van der Waals surface area contributed by atoms with Gasteiger partial charge in [0.2, 0.25) is 5.91 Å². The number of benzene rings is 1. The lowest BCUT2D eigenvalue weighted by Crippen LogP contribution is -2.42. The highest BCUT2D eigenvalue weighted by Crippen LogP contribution is 2.15. The van der Waals surface area contributed by atoms with Crippen LogP contribution in [-0.4, -0.2) is 58.0 Å². The Hall–Kier alpha value is -1.36. The number of carbonyl (C=O) groups excluding carboxylic acids is 1. The monoisotopic (exact) mass is 522 g/mol. The second-order valence-electron chi connectivity index (χ2n) is 7.11. The minimum Gasteiger partial charge on any atom is -0.356 e. The largest absolute Gasteiger partial charge is 0.356 e. The van der Waals surface area contributed by atoms with Crippen molar-refractivity contribution in [2.45, 2.75) is 38.6 Å². The quantitative estimate of drug-likeness (QED) is 0.287. The van der Waals surface area contributed by atoms with Crippen molar-refractivity contribution in [3.8, 4) is 0 Å². The Bertz CT molecular complexity index is 783. The fourth-order valence-electron chi connectivity index (χ4n) is 3.07. The minimum atomic E-state index is -2.98. The minimum absolute atomic E-state index is 0. The van der Waals surface area contributed by atoms with Gasteiger partial charge >= 0.3 is 0 Å². The number of amides is 1. The number of nitrogens with zero attached hydrogens (tertiary/aromatic N) is 1. The normalized spacial score (nSPS) is 19.4. The predicted molar refractivity (Wildman–Crippen MR) is 124 cm³/mol. The maximum Gasteiger partial charge on any atom is 0.222 e. The van der Waals surface area contributed by atoms with Crippen LogP contribution < -0.4 is 16.0 Å². The van der Waals surface area contributed by atoms with Gasteiger partial charge < -0.3 is 16.0 Å². The molecular formula is C19H31IN4O3S. The third kappa shape index (κ3) is 8.34. The van der Waals surface area contributed by atoms with E-state index < -0.39 is 9.84 Å². The molecular weight excluding hydrogens is 491 g/mol. The van der Waals surface area contributed by atoms with E-state index in [-0.39, 0.29) is 53.9 Å². The molecule has 2 rings (SSSR count). The molecule has 0 spiro atoms. The summed E-state index contributed by atoms with van der Waals surface area (Å²) in [5, 5.41) is 9.18. The lowest BCUT2D eigenvalue weighted by atomic mass is 9.99. The average molecular weight is 522 g/mol. The Morgan fingerprint density at radius 3 is 2.68 bits per heavy atom. The smallest absolute Gasteiger partial charge is 0.222 e. The van der Waals surface area contributed by atoms with Crippen LogP contribution in [0.25, 0.3) is 0 Å². The van der Waals surface area contributed by atoms with Crippen LogP contribution in [0.5, 0.6) is 0 Å². The Morgan fingerprint density at radius 2 is 2.07 bits per heavy atom. The summed E-state index contributed by atoms with van der Waals surface area (Å²) in [5.74, 6) is 1.04. The van der Waals surface area contributed by atoms with Crippen LogP contribution in [0.4, 0.5) is 0 Å². The number of aliphatic imine (C=N–C) groups is 1. The summed E-state index contributed by atoms with van der Waals surface area (Å²) in [7, 11) is -1.29. The van der Waals surface area contributed by atoms with Crippen LogP contribution in [0, 0.1) is 6.92 Å². The molecule has 2 atom stereocenters.